The van der Waals surface area contributed by atoms with Crippen molar-refractivity contribution in [1.82, 2.24) is 40.8 Å². The number of amides is 4. The van der Waals surface area contributed by atoms with E-state index in [0.717, 1.165) is 0 Å². The van der Waals surface area contributed by atoms with Gasteiger partial charge in [0, 0.05) is 104 Å². The van der Waals surface area contributed by atoms with E-state index in [4.69, 9.17) is 24.7 Å². The Bertz CT molecular complexity index is 2640. The van der Waals surface area contributed by atoms with Crippen LogP contribution in [0.2, 0.25) is 0 Å². The van der Waals surface area contributed by atoms with Gasteiger partial charge in [-0.15, -0.1) is 22.1 Å². The molecule has 3 N–H and O–H groups in total. The number of ketones is 1. The smallest absolute Gasteiger partial charge is 0.748 e. The van der Waals surface area contributed by atoms with E-state index in [1.165, 1.54) is 26.0 Å². The third-order valence-corrected chi connectivity index (χ3v) is 13.3. The topological polar surface area (TPSA) is 262 Å². The first-order valence-corrected chi connectivity index (χ1v) is 23.4. The molecule has 5 heterocycles. The third kappa shape index (κ3) is 14.2. The van der Waals surface area contributed by atoms with E-state index < -0.39 is 58.6 Å². The molecule has 5 rings (SSSR count). The van der Waals surface area contributed by atoms with Gasteiger partial charge in [0.25, 0.3) is 0 Å². The number of rotatable bonds is 19. The number of nitrogens with one attached hydrogen (secondary N) is 3. The number of carbonyl (C=O) groups excluding carboxylic acids is 6. The average Bonchev–Trinajstić information content (AvgIpc) is 3.94. The van der Waals surface area contributed by atoms with Gasteiger partial charge in [-0.2, -0.15) is 0 Å². The first kappa shape index (κ1) is 57.7. The van der Waals surface area contributed by atoms with Crippen LogP contribution in [0, 0.1) is 13.8 Å². The third-order valence-electron chi connectivity index (χ3n) is 12.6. The van der Waals surface area contributed by atoms with Gasteiger partial charge >= 0.3 is 77.8 Å². The normalized spacial score (nSPS) is 17.0. The molecule has 0 spiro atoms. The van der Waals surface area contributed by atoms with E-state index in [2.05, 4.69) is 16.0 Å². The van der Waals surface area contributed by atoms with Crippen LogP contribution in [0.3, 0.4) is 0 Å². The minimum absolute atomic E-state index is 0. The Morgan fingerprint density at radius 3 is 2.13 bits per heavy atom. The molecule has 2 aliphatic rings. The summed E-state index contributed by atoms with van der Waals surface area (Å²) in [4.78, 5) is 99.8. The molecule has 4 amide bonds. The molecule has 67 heavy (non-hydrogen) atoms. The monoisotopic (exact) mass is 1060 g/mol. The van der Waals surface area contributed by atoms with Gasteiger partial charge in [0.1, 0.15) is 0 Å². The minimum Gasteiger partial charge on any atom is -0.748 e. The van der Waals surface area contributed by atoms with E-state index in [0.29, 0.717) is 88.2 Å². The maximum Gasteiger partial charge on any atom is 2.00 e. The van der Waals surface area contributed by atoms with Gasteiger partial charge in [-0.05, 0) is 52.0 Å². The first-order chi connectivity index (χ1) is 30.7. The number of fused-ring (bicyclic) bond motifs is 8. The van der Waals surface area contributed by atoms with Crippen LogP contribution in [0.15, 0.2) is 18.2 Å². The van der Waals surface area contributed by atoms with Crippen molar-refractivity contribution < 1.29 is 118 Å². The molecule has 0 saturated heterocycles. The number of hydrogen-bond donors (Lipinski definition) is 3. The van der Waals surface area contributed by atoms with Crippen LogP contribution in [0.4, 0.5) is 0 Å². The summed E-state index contributed by atoms with van der Waals surface area (Å²) in [7, 11) is -0.305. The number of aromatic nitrogens is 4. The van der Waals surface area contributed by atoms with Gasteiger partial charge in [-0.25, -0.2) is 8.42 Å². The standard InChI is InChI=1S/C46H62N8O10S.K.Pd/c1-10-30-24(2)33-22-38-42(28(6)56)26(4)35(51-38)20-34-25(3)31(12-14-40(58)49-29(11-13-39(57)47-7)15-17-54(8)23-55)44(52-34)32(19-41(59)64-9)45-43(46(60)48-16-18-65(61,62)63)27(5)36(53-45)21-37(30)50-33;;/h20-25,29-31H,10-19H2,1-9H3,(H6,47,48,49,50,51,52,53,56,57,58,60,61,62,63);;/q;+1;+2/p-3/t24?,25?,29?,30-,31+;;/m1../s1. The van der Waals surface area contributed by atoms with Crippen LogP contribution < -0.4 is 77.3 Å². The molecule has 0 aliphatic carbocycles. The number of aryl methyl sites for hydroxylation is 2. The maximum atomic E-state index is 14.2. The van der Waals surface area contributed by atoms with Crippen LogP contribution in [0.5, 0.6) is 0 Å². The second-order valence-corrected chi connectivity index (χ2v) is 18.5. The number of esters is 1. The largest absolute Gasteiger partial charge is 2.00 e. The summed E-state index contributed by atoms with van der Waals surface area (Å²) in [5.41, 5.74) is 5.41. The molecule has 0 radical (unpaired) electrons. The van der Waals surface area contributed by atoms with Crippen molar-refractivity contribution in [2.45, 2.75) is 116 Å². The maximum absolute atomic E-state index is 14.2. The Hall–Kier alpha value is -3.65. The Morgan fingerprint density at radius 2 is 1.52 bits per heavy atom. The van der Waals surface area contributed by atoms with Crippen molar-refractivity contribution in [2.24, 2.45) is 0 Å². The fraction of sp³-hybridized carbons (Fsp3) is 0.522. The van der Waals surface area contributed by atoms with Gasteiger partial charge in [0.2, 0.25) is 24.1 Å². The molecule has 3 aromatic rings. The molecule has 2 aliphatic heterocycles. The molecule has 3 aromatic heterocycles. The summed E-state index contributed by atoms with van der Waals surface area (Å²) in [6, 6.07) is 4.98. The van der Waals surface area contributed by atoms with E-state index in [1.807, 2.05) is 33.8 Å². The van der Waals surface area contributed by atoms with E-state index in [-0.39, 0.29) is 137 Å². The summed E-state index contributed by atoms with van der Waals surface area (Å²) in [6.07, 6.45) is 2.04. The molecule has 0 saturated carbocycles. The van der Waals surface area contributed by atoms with Crippen molar-refractivity contribution in [3.05, 3.63) is 68.8 Å². The molecule has 21 heteroatoms. The molecular formula is C46H59KN8O10PdS. The van der Waals surface area contributed by atoms with Crippen LogP contribution in [0.25, 0.3) is 22.1 Å². The van der Waals surface area contributed by atoms with E-state index in [9.17, 15) is 41.7 Å². The van der Waals surface area contributed by atoms with Crippen molar-refractivity contribution >= 4 is 68.1 Å². The van der Waals surface area contributed by atoms with Gasteiger partial charge in [0.05, 0.1) is 29.4 Å². The number of methoxy groups -OCH3 is 1. The zero-order valence-corrected chi connectivity index (χ0v) is 45.3. The summed E-state index contributed by atoms with van der Waals surface area (Å²) in [6.45, 7) is 10.8. The molecule has 360 valence electrons. The van der Waals surface area contributed by atoms with Gasteiger partial charge in [0.15, 0.2) is 5.78 Å². The quantitative estimate of drug-likeness (QED) is 0.0495. The molecule has 18 nitrogen and oxygen atoms in total. The predicted molar refractivity (Wildman–Crippen MR) is 241 cm³/mol. The van der Waals surface area contributed by atoms with Crippen molar-refractivity contribution in [2.75, 3.05) is 40.0 Å². The molecule has 5 atom stereocenters. The minimum atomic E-state index is -4.68. The van der Waals surface area contributed by atoms with Crippen molar-refractivity contribution in [1.29, 1.82) is 0 Å². The number of ether oxygens (including phenoxy) is 1. The van der Waals surface area contributed by atoms with Crippen LogP contribution in [-0.4, -0.2) is 110 Å². The van der Waals surface area contributed by atoms with Crippen molar-refractivity contribution in [3.63, 3.8) is 0 Å². The summed E-state index contributed by atoms with van der Waals surface area (Å²) >= 11 is 0. The average molecular weight is 1060 g/mol. The fourth-order valence-electron chi connectivity index (χ4n) is 8.78. The number of carbonyl (C=O) groups is 6. The zero-order valence-electron chi connectivity index (χ0n) is 39.8. The molecule has 0 aromatic carbocycles. The molecular weight excluding hydrogens is 1000 g/mol. The Morgan fingerprint density at radius 1 is 0.910 bits per heavy atom. The molecule has 8 bridgehead atoms. The van der Waals surface area contributed by atoms with Crippen LogP contribution in [-0.2, 0) is 60.9 Å². The summed E-state index contributed by atoms with van der Waals surface area (Å²) in [5, 5.41) is 8.17. The molecule has 3 unspecified atom stereocenters. The Balaban J connectivity index is 0.00000595. The summed E-state index contributed by atoms with van der Waals surface area (Å²) in [5.74, 6) is -4.10. The number of nitrogens with zero attached hydrogens (tertiary/aromatic N) is 5. The van der Waals surface area contributed by atoms with Gasteiger partial charge in [-0.3, -0.25) is 38.7 Å². The van der Waals surface area contributed by atoms with E-state index >= 15 is 0 Å². The SMILES string of the molecule is CC[C@H]1c2cc3[n-]c(c(CC(=O)OC)c4nc(cc5[n-]c(cc(n2)C1C)c(C(C)=O)c5C)C(C)[C@@H]4CCC(=O)NC(CCC(=O)NC)CCN(C)C=O)c(C(=O)NCCS(=O)(=O)[O-])c3C.[K+].[Pd+2]. The van der Waals surface area contributed by atoms with Crippen molar-refractivity contribution in [3.8, 4) is 0 Å². The van der Waals surface area contributed by atoms with E-state index in [1.54, 1.807) is 26.1 Å². The number of hydrogen-bond acceptors (Lipinski definition) is 12. The zero-order chi connectivity index (χ0) is 47.9. The molecule has 0 fully saturated rings. The second kappa shape index (κ2) is 25.3. The van der Waals surface area contributed by atoms with Crippen LogP contribution in [0.1, 0.15) is 150 Å². The van der Waals surface area contributed by atoms with Crippen LogP contribution >= 0.6 is 0 Å². The first-order valence-electron chi connectivity index (χ1n) is 21.8. The van der Waals surface area contributed by atoms with Gasteiger partial charge in [-0.1, -0.05) is 50.1 Å². The Kier molecular flexibility index (Phi) is 21.8. The summed E-state index contributed by atoms with van der Waals surface area (Å²) < 4.78 is 39.8. The fourth-order valence-corrected chi connectivity index (χ4v) is 9.13. The number of Topliss-reactive ketones (excluding diaryl/α,β-unsaturated/α-hetero) is 1. The second-order valence-electron chi connectivity index (χ2n) is 16.9. The van der Waals surface area contributed by atoms with Gasteiger partial charge < -0.3 is 40.1 Å². The Labute approximate surface area is 447 Å². The predicted octanol–water partition coefficient (Wildman–Crippen LogP) is 0.839.